The summed E-state index contributed by atoms with van der Waals surface area (Å²) >= 11 is 0. The van der Waals surface area contributed by atoms with E-state index in [2.05, 4.69) is 12.2 Å². The molecule has 1 rings (SSSR count). The molecule has 0 aliphatic carbocycles. The van der Waals surface area contributed by atoms with Crippen molar-refractivity contribution in [2.75, 3.05) is 18.5 Å². The number of amides is 1. The quantitative estimate of drug-likeness (QED) is 0.380. The molecule has 5 nitrogen and oxygen atoms in total. The molecule has 0 fully saturated rings. The van der Waals surface area contributed by atoms with Gasteiger partial charge in [-0.1, -0.05) is 6.92 Å². The fourth-order valence-electron chi connectivity index (χ4n) is 1.12. The molecule has 0 atom stereocenters. The maximum Gasteiger partial charge on any atom is 0.253 e. The topological polar surface area (TPSA) is 76.4 Å². The van der Waals surface area contributed by atoms with Crippen LogP contribution in [0.4, 0.5) is 5.69 Å². The second-order valence-corrected chi connectivity index (χ2v) is 3.29. The van der Waals surface area contributed by atoms with Gasteiger partial charge in [-0.2, -0.15) is 0 Å². The summed E-state index contributed by atoms with van der Waals surface area (Å²) in [7, 11) is 0. The molecule has 0 spiro atoms. The van der Waals surface area contributed by atoms with Crippen molar-refractivity contribution in [1.29, 1.82) is 0 Å². The van der Waals surface area contributed by atoms with Crippen molar-refractivity contribution in [3.63, 3.8) is 0 Å². The number of hydrazine groups is 1. The van der Waals surface area contributed by atoms with Gasteiger partial charge in [-0.3, -0.25) is 10.2 Å². The van der Waals surface area contributed by atoms with Crippen molar-refractivity contribution < 1.29 is 9.53 Å². The van der Waals surface area contributed by atoms with Gasteiger partial charge in [0, 0.05) is 5.69 Å². The number of benzene rings is 1. The van der Waals surface area contributed by atoms with Crippen molar-refractivity contribution in [3.8, 4) is 5.75 Å². The van der Waals surface area contributed by atoms with Crippen LogP contribution in [0.15, 0.2) is 24.3 Å². The first-order chi connectivity index (χ1) is 7.76. The van der Waals surface area contributed by atoms with E-state index >= 15 is 0 Å². The third-order valence-corrected chi connectivity index (χ3v) is 1.94. The molecule has 4 N–H and O–H groups in total. The largest absolute Gasteiger partial charge is 0.494 e. The molecule has 16 heavy (non-hydrogen) atoms. The van der Waals surface area contributed by atoms with Gasteiger partial charge >= 0.3 is 0 Å². The predicted octanol–water partition coefficient (Wildman–Crippen LogP) is 0.877. The lowest BCUT2D eigenvalue weighted by atomic mass is 10.3. The minimum atomic E-state index is -0.258. The summed E-state index contributed by atoms with van der Waals surface area (Å²) in [6, 6.07) is 7.43. The van der Waals surface area contributed by atoms with Crippen molar-refractivity contribution in [3.05, 3.63) is 24.3 Å². The number of hydrogen-bond acceptors (Lipinski definition) is 4. The fourth-order valence-corrected chi connectivity index (χ4v) is 1.12. The van der Waals surface area contributed by atoms with Gasteiger partial charge < -0.3 is 10.1 Å². The average Bonchev–Trinajstić information content (AvgIpc) is 2.34. The van der Waals surface area contributed by atoms with E-state index < -0.39 is 0 Å². The van der Waals surface area contributed by atoms with Crippen LogP contribution in [0.25, 0.3) is 0 Å². The van der Waals surface area contributed by atoms with Crippen LogP contribution in [-0.4, -0.2) is 19.1 Å². The number of carbonyl (C=O) groups excluding carboxylic acids is 1. The zero-order valence-electron chi connectivity index (χ0n) is 9.32. The van der Waals surface area contributed by atoms with E-state index in [1.165, 1.54) is 0 Å². The Hall–Kier alpha value is -1.75. The van der Waals surface area contributed by atoms with E-state index in [1.807, 2.05) is 29.7 Å². The van der Waals surface area contributed by atoms with E-state index in [9.17, 15) is 4.79 Å². The second-order valence-electron chi connectivity index (χ2n) is 3.29. The number of rotatable bonds is 6. The third-order valence-electron chi connectivity index (χ3n) is 1.94. The van der Waals surface area contributed by atoms with Crippen LogP contribution in [0, 0.1) is 0 Å². The highest BCUT2D eigenvalue weighted by molar-refractivity contribution is 5.80. The zero-order chi connectivity index (χ0) is 11.8. The molecule has 0 radical (unpaired) electrons. The van der Waals surface area contributed by atoms with E-state index in [4.69, 9.17) is 10.6 Å². The molecule has 0 aromatic heterocycles. The van der Waals surface area contributed by atoms with Crippen LogP contribution in [0.5, 0.6) is 5.75 Å². The Morgan fingerprint density at radius 3 is 2.62 bits per heavy atom. The number of hydrogen-bond donors (Lipinski definition) is 3. The smallest absolute Gasteiger partial charge is 0.253 e. The lowest BCUT2D eigenvalue weighted by Crippen LogP contribution is -2.35. The molecule has 0 unspecified atom stereocenters. The van der Waals surface area contributed by atoms with E-state index in [1.54, 1.807) is 0 Å². The van der Waals surface area contributed by atoms with Crippen LogP contribution in [0.3, 0.4) is 0 Å². The summed E-state index contributed by atoms with van der Waals surface area (Å²) in [4.78, 5) is 10.9. The lowest BCUT2D eigenvalue weighted by molar-refractivity contribution is -0.119. The summed E-state index contributed by atoms with van der Waals surface area (Å²) in [5.41, 5.74) is 2.90. The highest BCUT2D eigenvalue weighted by atomic mass is 16.5. The number of anilines is 1. The summed E-state index contributed by atoms with van der Waals surface area (Å²) < 4.78 is 5.43. The average molecular weight is 223 g/mol. The Labute approximate surface area is 94.9 Å². The molecule has 88 valence electrons. The summed E-state index contributed by atoms with van der Waals surface area (Å²) in [6.07, 6.45) is 0.983. The Kier molecular flexibility index (Phi) is 5.15. The molecule has 5 heteroatoms. The Morgan fingerprint density at radius 2 is 2.06 bits per heavy atom. The van der Waals surface area contributed by atoms with Gasteiger partial charge in [0.05, 0.1) is 13.2 Å². The molecule has 1 aromatic carbocycles. The summed E-state index contributed by atoms with van der Waals surface area (Å²) in [6.45, 7) is 2.93. The second kappa shape index (κ2) is 6.68. The van der Waals surface area contributed by atoms with E-state index in [0.29, 0.717) is 6.61 Å². The summed E-state index contributed by atoms with van der Waals surface area (Å²) in [5, 5.41) is 2.93. The van der Waals surface area contributed by atoms with Crippen molar-refractivity contribution in [2.24, 2.45) is 5.84 Å². The molecule has 0 heterocycles. The van der Waals surface area contributed by atoms with Gasteiger partial charge in [0.1, 0.15) is 5.75 Å². The van der Waals surface area contributed by atoms with Crippen molar-refractivity contribution in [1.82, 2.24) is 5.43 Å². The number of nitrogens with two attached hydrogens (primary N) is 1. The summed E-state index contributed by atoms with van der Waals surface area (Å²) in [5.74, 6) is 5.53. The third kappa shape index (κ3) is 4.18. The van der Waals surface area contributed by atoms with Gasteiger partial charge in [-0.05, 0) is 30.7 Å². The van der Waals surface area contributed by atoms with Gasteiger partial charge in [0.15, 0.2) is 0 Å². The van der Waals surface area contributed by atoms with Gasteiger partial charge in [-0.15, -0.1) is 0 Å². The maximum absolute atomic E-state index is 10.9. The Balaban J connectivity index is 2.41. The highest BCUT2D eigenvalue weighted by Gasteiger charge is 1.98. The van der Waals surface area contributed by atoms with Crippen LogP contribution in [-0.2, 0) is 4.79 Å². The van der Waals surface area contributed by atoms with E-state index in [0.717, 1.165) is 17.9 Å². The molecule has 1 amide bonds. The van der Waals surface area contributed by atoms with Crippen LogP contribution in [0.1, 0.15) is 13.3 Å². The number of nitrogens with one attached hydrogen (secondary N) is 2. The molecular weight excluding hydrogens is 206 g/mol. The van der Waals surface area contributed by atoms with E-state index in [-0.39, 0.29) is 12.5 Å². The molecule has 0 saturated heterocycles. The molecule has 0 aliphatic heterocycles. The normalized spacial score (nSPS) is 9.62. The maximum atomic E-state index is 10.9. The molecule has 0 bridgehead atoms. The molecule has 0 aliphatic rings. The Bertz CT molecular complexity index is 325. The van der Waals surface area contributed by atoms with Crippen LogP contribution >= 0.6 is 0 Å². The fraction of sp³-hybridized carbons (Fsp3) is 0.364. The van der Waals surface area contributed by atoms with Gasteiger partial charge in [-0.25, -0.2) is 5.84 Å². The predicted molar refractivity (Wildman–Crippen MR) is 63.0 cm³/mol. The SMILES string of the molecule is CCCOc1ccc(NCC(=O)NN)cc1. The standard InChI is InChI=1S/C11H17N3O2/c1-2-7-16-10-5-3-9(4-6-10)13-8-11(15)14-12/h3-6,13H,2,7-8,12H2,1H3,(H,14,15). The first-order valence-corrected chi connectivity index (χ1v) is 5.22. The molecule has 1 aromatic rings. The minimum absolute atomic E-state index is 0.158. The lowest BCUT2D eigenvalue weighted by Gasteiger charge is -2.07. The first-order valence-electron chi connectivity index (χ1n) is 5.22. The number of carbonyl (C=O) groups is 1. The first kappa shape index (κ1) is 12.3. The van der Waals surface area contributed by atoms with Crippen LogP contribution in [0.2, 0.25) is 0 Å². The van der Waals surface area contributed by atoms with Gasteiger partial charge in [0.2, 0.25) is 0 Å². The van der Waals surface area contributed by atoms with Crippen LogP contribution < -0.4 is 21.3 Å². The molecule has 0 saturated carbocycles. The highest BCUT2D eigenvalue weighted by Crippen LogP contribution is 2.15. The monoisotopic (exact) mass is 223 g/mol. The zero-order valence-corrected chi connectivity index (χ0v) is 9.32. The number of ether oxygens (including phenoxy) is 1. The van der Waals surface area contributed by atoms with Crippen molar-refractivity contribution >= 4 is 11.6 Å². The Morgan fingerprint density at radius 1 is 1.38 bits per heavy atom. The van der Waals surface area contributed by atoms with Gasteiger partial charge in [0.25, 0.3) is 5.91 Å². The molecular formula is C11H17N3O2. The van der Waals surface area contributed by atoms with Crippen molar-refractivity contribution in [2.45, 2.75) is 13.3 Å². The minimum Gasteiger partial charge on any atom is -0.494 e.